The zero-order valence-electron chi connectivity index (χ0n) is 19.9. The van der Waals surface area contributed by atoms with E-state index >= 15 is 0 Å². The van der Waals surface area contributed by atoms with Gasteiger partial charge in [0, 0.05) is 12.6 Å². The van der Waals surface area contributed by atoms with Crippen LogP contribution in [0.25, 0.3) is 0 Å². The summed E-state index contributed by atoms with van der Waals surface area (Å²) in [5.41, 5.74) is 0.729. The molecular formula is C25H31F2N3O4S. The van der Waals surface area contributed by atoms with Crippen LogP contribution in [0.15, 0.2) is 48.5 Å². The Morgan fingerprint density at radius 1 is 1.00 bits per heavy atom. The number of amides is 2. The van der Waals surface area contributed by atoms with Gasteiger partial charge in [-0.1, -0.05) is 31.9 Å². The van der Waals surface area contributed by atoms with E-state index in [-0.39, 0.29) is 24.2 Å². The molecule has 1 aliphatic carbocycles. The van der Waals surface area contributed by atoms with E-state index in [2.05, 4.69) is 5.32 Å². The van der Waals surface area contributed by atoms with E-state index in [4.69, 9.17) is 0 Å². The second kappa shape index (κ2) is 11.6. The van der Waals surface area contributed by atoms with Crippen LogP contribution in [-0.4, -0.2) is 50.0 Å². The number of hydrogen-bond acceptors (Lipinski definition) is 4. The van der Waals surface area contributed by atoms with Gasteiger partial charge in [-0.05, 0) is 61.2 Å². The SMILES string of the molecule is CCC(C(=O)NC1CCCC1)N(Cc1ccc(F)cc1)C(=O)CN(c1ccc(F)cc1)S(C)(=O)=O. The molecule has 1 saturated carbocycles. The van der Waals surface area contributed by atoms with Crippen LogP contribution < -0.4 is 9.62 Å². The zero-order chi connectivity index (χ0) is 25.6. The number of nitrogens with one attached hydrogen (secondary N) is 1. The first-order chi connectivity index (χ1) is 16.6. The second-order valence-electron chi connectivity index (χ2n) is 8.81. The summed E-state index contributed by atoms with van der Waals surface area (Å²) in [4.78, 5) is 28.1. The zero-order valence-corrected chi connectivity index (χ0v) is 20.7. The summed E-state index contributed by atoms with van der Waals surface area (Å²) in [6, 6.07) is 9.54. The standard InChI is InChI=1S/C25H31F2N3O4S/c1-3-23(25(32)28-21-6-4-5-7-21)29(16-18-8-10-19(26)11-9-18)24(31)17-30(35(2,33)34)22-14-12-20(27)13-15-22/h8-15,21,23H,3-7,16-17H2,1-2H3,(H,28,32). The summed E-state index contributed by atoms with van der Waals surface area (Å²) < 4.78 is 52.8. The number of rotatable bonds is 10. The normalized spacial score (nSPS) is 15.0. The molecule has 0 radical (unpaired) electrons. The average Bonchev–Trinajstić information content (AvgIpc) is 3.31. The Morgan fingerprint density at radius 3 is 2.06 bits per heavy atom. The minimum Gasteiger partial charge on any atom is -0.352 e. The molecule has 1 N–H and O–H groups in total. The lowest BCUT2D eigenvalue weighted by molar-refractivity contribution is -0.140. The average molecular weight is 508 g/mol. The van der Waals surface area contributed by atoms with Gasteiger partial charge < -0.3 is 10.2 Å². The van der Waals surface area contributed by atoms with E-state index < -0.39 is 40.2 Å². The number of anilines is 1. The van der Waals surface area contributed by atoms with Gasteiger partial charge in [-0.15, -0.1) is 0 Å². The Morgan fingerprint density at radius 2 is 1.54 bits per heavy atom. The van der Waals surface area contributed by atoms with Crippen molar-refractivity contribution in [1.29, 1.82) is 0 Å². The van der Waals surface area contributed by atoms with Crippen molar-refractivity contribution in [2.75, 3.05) is 17.1 Å². The summed E-state index contributed by atoms with van der Waals surface area (Å²) in [5.74, 6) is -1.88. The first kappa shape index (κ1) is 26.6. The first-order valence-corrected chi connectivity index (χ1v) is 13.5. The second-order valence-corrected chi connectivity index (χ2v) is 10.7. The van der Waals surface area contributed by atoms with Gasteiger partial charge in [0.15, 0.2) is 0 Å². The largest absolute Gasteiger partial charge is 0.352 e. The van der Waals surface area contributed by atoms with Crippen LogP contribution in [0.3, 0.4) is 0 Å². The molecule has 35 heavy (non-hydrogen) atoms. The number of halogens is 2. The molecule has 0 aliphatic heterocycles. The van der Waals surface area contributed by atoms with Crippen molar-refractivity contribution in [2.45, 2.75) is 57.7 Å². The van der Waals surface area contributed by atoms with E-state index in [9.17, 15) is 26.8 Å². The molecule has 1 fully saturated rings. The fourth-order valence-electron chi connectivity index (χ4n) is 4.29. The molecule has 2 amide bonds. The molecule has 7 nitrogen and oxygen atoms in total. The smallest absolute Gasteiger partial charge is 0.244 e. The molecular weight excluding hydrogens is 476 g/mol. The minimum atomic E-state index is -3.90. The fraction of sp³-hybridized carbons (Fsp3) is 0.440. The Balaban J connectivity index is 1.90. The van der Waals surface area contributed by atoms with Crippen LogP contribution in [0.2, 0.25) is 0 Å². The molecule has 3 rings (SSSR count). The highest BCUT2D eigenvalue weighted by atomic mass is 32.2. The van der Waals surface area contributed by atoms with Crippen LogP contribution in [0.1, 0.15) is 44.6 Å². The van der Waals surface area contributed by atoms with Crippen molar-refractivity contribution in [3.8, 4) is 0 Å². The molecule has 0 bridgehead atoms. The number of nitrogens with zero attached hydrogens (tertiary/aromatic N) is 2. The van der Waals surface area contributed by atoms with Crippen molar-refractivity contribution < 1.29 is 26.8 Å². The van der Waals surface area contributed by atoms with Crippen LogP contribution in [0.5, 0.6) is 0 Å². The summed E-state index contributed by atoms with van der Waals surface area (Å²) in [6.45, 7) is 1.20. The molecule has 1 atom stereocenters. The van der Waals surface area contributed by atoms with E-state index in [1.165, 1.54) is 41.3 Å². The summed E-state index contributed by atoms with van der Waals surface area (Å²) >= 11 is 0. The van der Waals surface area contributed by atoms with Gasteiger partial charge in [-0.2, -0.15) is 0 Å². The fourth-order valence-corrected chi connectivity index (χ4v) is 5.14. The number of carbonyl (C=O) groups is 2. The molecule has 0 heterocycles. The van der Waals surface area contributed by atoms with Crippen molar-refractivity contribution in [1.82, 2.24) is 10.2 Å². The highest BCUT2D eigenvalue weighted by Gasteiger charge is 2.33. The quantitative estimate of drug-likeness (QED) is 0.533. The van der Waals surface area contributed by atoms with E-state index in [0.29, 0.717) is 12.0 Å². The third-order valence-corrected chi connectivity index (χ3v) is 7.29. The Kier molecular flexibility index (Phi) is 8.82. The molecule has 190 valence electrons. The molecule has 10 heteroatoms. The highest BCUT2D eigenvalue weighted by Crippen LogP contribution is 2.22. The van der Waals surface area contributed by atoms with Crippen LogP contribution in [-0.2, 0) is 26.2 Å². The van der Waals surface area contributed by atoms with E-state index in [1.807, 2.05) is 0 Å². The molecule has 2 aromatic carbocycles. The maximum atomic E-state index is 13.5. The van der Waals surface area contributed by atoms with Gasteiger partial charge >= 0.3 is 0 Å². The topological polar surface area (TPSA) is 86.8 Å². The van der Waals surface area contributed by atoms with Crippen molar-refractivity contribution >= 4 is 27.5 Å². The maximum Gasteiger partial charge on any atom is 0.244 e. The molecule has 1 aliphatic rings. The molecule has 0 aromatic heterocycles. The van der Waals surface area contributed by atoms with Gasteiger partial charge in [-0.25, -0.2) is 17.2 Å². The summed E-state index contributed by atoms with van der Waals surface area (Å²) in [7, 11) is -3.90. The molecule has 2 aromatic rings. The highest BCUT2D eigenvalue weighted by molar-refractivity contribution is 7.92. The van der Waals surface area contributed by atoms with Gasteiger partial charge in [0.2, 0.25) is 21.8 Å². The van der Waals surface area contributed by atoms with E-state index in [0.717, 1.165) is 48.4 Å². The first-order valence-electron chi connectivity index (χ1n) is 11.7. The summed E-state index contributed by atoms with van der Waals surface area (Å²) in [6.07, 6.45) is 5.07. The number of benzene rings is 2. The van der Waals surface area contributed by atoms with Gasteiger partial charge in [0.25, 0.3) is 0 Å². The van der Waals surface area contributed by atoms with Crippen LogP contribution in [0.4, 0.5) is 14.5 Å². The third-order valence-electron chi connectivity index (χ3n) is 6.15. The lowest BCUT2D eigenvalue weighted by Crippen LogP contribution is -2.53. The van der Waals surface area contributed by atoms with Gasteiger partial charge in [0.05, 0.1) is 11.9 Å². The molecule has 0 spiro atoms. The molecule has 0 saturated heterocycles. The van der Waals surface area contributed by atoms with E-state index in [1.54, 1.807) is 6.92 Å². The lowest BCUT2D eigenvalue weighted by Gasteiger charge is -2.33. The van der Waals surface area contributed by atoms with Crippen LogP contribution >= 0.6 is 0 Å². The summed E-state index contributed by atoms with van der Waals surface area (Å²) in [5, 5.41) is 3.02. The van der Waals surface area contributed by atoms with Crippen LogP contribution in [0, 0.1) is 11.6 Å². The van der Waals surface area contributed by atoms with Gasteiger partial charge in [0.1, 0.15) is 24.2 Å². The van der Waals surface area contributed by atoms with Crippen molar-refractivity contribution in [3.63, 3.8) is 0 Å². The lowest BCUT2D eigenvalue weighted by atomic mass is 10.1. The predicted octanol–water partition coefficient (Wildman–Crippen LogP) is 3.60. The van der Waals surface area contributed by atoms with Crippen molar-refractivity contribution in [2.24, 2.45) is 0 Å². The third kappa shape index (κ3) is 7.24. The Hall–Kier alpha value is -3.01. The Labute approximate surface area is 205 Å². The maximum absolute atomic E-state index is 13.5. The number of sulfonamides is 1. The monoisotopic (exact) mass is 507 g/mol. The van der Waals surface area contributed by atoms with Gasteiger partial charge in [-0.3, -0.25) is 13.9 Å². The number of carbonyl (C=O) groups excluding carboxylic acids is 2. The predicted molar refractivity (Wildman–Crippen MR) is 130 cm³/mol. The molecule has 1 unspecified atom stereocenters. The minimum absolute atomic E-state index is 0.00325. The van der Waals surface area contributed by atoms with Crippen molar-refractivity contribution in [3.05, 3.63) is 65.7 Å². The Bertz CT molecular complexity index is 1120. The number of hydrogen-bond donors (Lipinski definition) is 1.